The molecule has 0 bridgehead atoms. The first kappa shape index (κ1) is 17.6. The van der Waals surface area contributed by atoms with Crippen LogP contribution in [-0.4, -0.2) is 53.2 Å². The van der Waals surface area contributed by atoms with Crippen molar-refractivity contribution in [3.05, 3.63) is 22.7 Å². The molecule has 2 aliphatic rings. The molecule has 4 heterocycles. The third-order valence-electron chi connectivity index (χ3n) is 5.15. The summed E-state index contributed by atoms with van der Waals surface area (Å²) < 4.78 is 5.42. The van der Waals surface area contributed by atoms with Crippen LogP contribution in [0.5, 0.6) is 0 Å². The van der Waals surface area contributed by atoms with E-state index in [4.69, 9.17) is 4.52 Å². The number of nitrogens with one attached hydrogen (secondary N) is 2. The number of hydrogen-bond donors (Lipinski definition) is 2. The molecule has 2 aromatic rings. The summed E-state index contributed by atoms with van der Waals surface area (Å²) in [6, 6.07) is 2.00. The highest BCUT2D eigenvalue weighted by Gasteiger charge is 2.25. The van der Waals surface area contributed by atoms with Gasteiger partial charge in [-0.3, -0.25) is 9.69 Å². The van der Waals surface area contributed by atoms with E-state index in [9.17, 15) is 4.79 Å². The Morgan fingerprint density at radius 3 is 3.19 bits per heavy atom. The lowest BCUT2D eigenvalue weighted by Crippen LogP contribution is -2.45. The van der Waals surface area contributed by atoms with E-state index in [-0.39, 0.29) is 11.9 Å². The summed E-state index contributed by atoms with van der Waals surface area (Å²) in [5.74, 6) is 1.95. The molecule has 0 radical (unpaired) electrons. The van der Waals surface area contributed by atoms with Gasteiger partial charge in [0.2, 0.25) is 17.6 Å². The van der Waals surface area contributed by atoms with E-state index in [2.05, 4.69) is 25.7 Å². The molecule has 2 unspecified atom stereocenters. The molecular weight excluding hydrogens is 350 g/mol. The lowest BCUT2D eigenvalue weighted by Gasteiger charge is -2.32. The van der Waals surface area contributed by atoms with Gasteiger partial charge in [-0.25, -0.2) is 0 Å². The van der Waals surface area contributed by atoms with Crippen molar-refractivity contribution in [1.29, 1.82) is 0 Å². The van der Waals surface area contributed by atoms with Crippen molar-refractivity contribution in [2.45, 2.75) is 38.3 Å². The lowest BCUT2D eigenvalue weighted by molar-refractivity contribution is -0.123. The van der Waals surface area contributed by atoms with Gasteiger partial charge in [0, 0.05) is 24.0 Å². The third-order valence-corrected chi connectivity index (χ3v) is 5.83. The maximum atomic E-state index is 12.2. The fraction of sp³-hybridized carbons (Fsp3) is 0.611. The standard InChI is InChI=1S/C18H25N5O2S/c24-18(15-4-1-6-19-15)20-9-13-3-2-7-23(10-13)11-16-21-17(22-25-16)14-5-8-26-12-14/h5,8,12-13,15,19H,1-4,6-7,9-11H2,(H,20,24). The van der Waals surface area contributed by atoms with E-state index in [1.807, 2.05) is 16.8 Å². The molecule has 2 saturated heterocycles. The van der Waals surface area contributed by atoms with Gasteiger partial charge in [0.25, 0.3) is 0 Å². The second kappa shape index (κ2) is 8.28. The second-order valence-electron chi connectivity index (χ2n) is 7.16. The summed E-state index contributed by atoms with van der Waals surface area (Å²) in [6.45, 7) is 4.36. The van der Waals surface area contributed by atoms with Crippen molar-refractivity contribution < 1.29 is 9.32 Å². The Balaban J connectivity index is 1.26. The molecule has 0 aliphatic carbocycles. The van der Waals surface area contributed by atoms with Crippen LogP contribution in [0.25, 0.3) is 11.4 Å². The quantitative estimate of drug-likeness (QED) is 0.802. The van der Waals surface area contributed by atoms with Gasteiger partial charge in [0.1, 0.15) is 0 Å². The van der Waals surface area contributed by atoms with Gasteiger partial charge in [-0.1, -0.05) is 5.16 Å². The molecule has 2 atom stereocenters. The first-order chi connectivity index (χ1) is 12.8. The fourth-order valence-electron chi connectivity index (χ4n) is 3.76. The summed E-state index contributed by atoms with van der Waals surface area (Å²) >= 11 is 1.63. The number of carbonyl (C=O) groups is 1. The SMILES string of the molecule is O=C(NCC1CCCN(Cc2nc(-c3ccsc3)no2)C1)C1CCCN1. The molecule has 2 aliphatic heterocycles. The van der Waals surface area contributed by atoms with Crippen molar-refractivity contribution in [2.24, 2.45) is 5.92 Å². The van der Waals surface area contributed by atoms with Crippen molar-refractivity contribution in [1.82, 2.24) is 25.7 Å². The zero-order chi connectivity index (χ0) is 17.8. The summed E-state index contributed by atoms with van der Waals surface area (Å²) in [7, 11) is 0. The molecule has 140 valence electrons. The van der Waals surface area contributed by atoms with Crippen LogP contribution in [0.3, 0.4) is 0 Å². The van der Waals surface area contributed by atoms with Crippen molar-refractivity contribution in [2.75, 3.05) is 26.2 Å². The highest BCUT2D eigenvalue weighted by atomic mass is 32.1. The van der Waals surface area contributed by atoms with Gasteiger partial charge in [-0.2, -0.15) is 16.3 Å². The van der Waals surface area contributed by atoms with Gasteiger partial charge in [-0.15, -0.1) is 0 Å². The van der Waals surface area contributed by atoms with Crippen molar-refractivity contribution in [3.8, 4) is 11.4 Å². The molecule has 8 heteroatoms. The van der Waals surface area contributed by atoms with Crippen LogP contribution in [0.1, 0.15) is 31.6 Å². The number of thiophene rings is 1. The summed E-state index contributed by atoms with van der Waals surface area (Å²) in [5.41, 5.74) is 1.00. The Bertz CT molecular complexity index is 711. The van der Waals surface area contributed by atoms with Crippen molar-refractivity contribution in [3.63, 3.8) is 0 Å². The molecule has 1 amide bonds. The third kappa shape index (κ3) is 4.31. The van der Waals surface area contributed by atoms with E-state index in [1.54, 1.807) is 11.3 Å². The van der Waals surface area contributed by atoms with Crippen LogP contribution < -0.4 is 10.6 Å². The summed E-state index contributed by atoms with van der Waals surface area (Å²) in [6.07, 6.45) is 4.33. The van der Waals surface area contributed by atoms with Gasteiger partial charge in [0.15, 0.2) is 0 Å². The average Bonchev–Trinajstić information content (AvgIpc) is 3.41. The monoisotopic (exact) mass is 375 g/mol. The van der Waals surface area contributed by atoms with E-state index >= 15 is 0 Å². The van der Waals surface area contributed by atoms with Crippen LogP contribution in [0, 0.1) is 5.92 Å². The molecule has 2 aromatic heterocycles. The fourth-order valence-corrected chi connectivity index (χ4v) is 4.39. The van der Waals surface area contributed by atoms with Crippen LogP contribution in [0.4, 0.5) is 0 Å². The molecule has 2 N–H and O–H groups in total. The minimum Gasteiger partial charge on any atom is -0.354 e. The zero-order valence-electron chi connectivity index (χ0n) is 14.8. The number of carbonyl (C=O) groups excluding carboxylic acids is 1. The number of piperidine rings is 1. The lowest BCUT2D eigenvalue weighted by atomic mass is 9.98. The predicted molar refractivity (Wildman–Crippen MR) is 99.6 cm³/mol. The van der Waals surface area contributed by atoms with Crippen LogP contribution in [0.15, 0.2) is 21.3 Å². The Kier molecular flexibility index (Phi) is 5.62. The number of amides is 1. The Hall–Kier alpha value is -1.77. The number of aromatic nitrogens is 2. The highest BCUT2D eigenvalue weighted by Crippen LogP contribution is 2.21. The Labute approximate surface area is 157 Å². The molecule has 4 rings (SSSR count). The molecule has 0 aromatic carbocycles. The second-order valence-corrected chi connectivity index (χ2v) is 7.94. The number of rotatable bonds is 6. The topological polar surface area (TPSA) is 83.3 Å². The first-order valence-electron chi connectivity index (χ1n) is 9.36. The smallest absolute Gasteiger partial charge is 0.241 e. The van der Waals surface area contributed by atoms with E-state index in [0.717, 1.165) is 57.4 Å². The molecule has 0 saturated carbocycles. The minimum absolute atomic E-state index is 0.00335. The molecular formula is C18H25N5O2S. The van der Waals surface area contributed by atoms with Gasteiger partial charge in [0.05, 0.1) is 12.6 Å². The molecule has 26 heavy (non-hydrogen) atoms. The van der Waals surface area contributed by atoms with Gasteiger partial charge < -0.3 is 15.2 Å². The molecule has 7 nitrogen and oxygen atoms in total. The van der Waals surface area contributed by atoms with E-state index in [0.29, 0.717) is 24.2 Å². The van der Waals surface area contributed by atoms with E-state index < -0.39 is 0 Å². The zero-order valence-corrected chi connectivity index (χ0v) is 15.6. The van der Waals surface area contributed by atoms with Gasteiger partial charge in [-0.05, 0) is 56.1 Å². The number of hydrogen-bond acceptors (Lipinski definition) is 7. The van der Waals surface area contributed by atoms with Crippen molar-refractivity contribution >= 4 is 17.2 Å². The summed E-state index contributed by atoms with van der Waals surface area (Å²) in [5, 5.41) is 14.5. The average molecular weight is 375 g/mol. The minimum atomic E-state index is 0.00335. The normalized spacial score (nSPS) is 24.0. The predicted octanol–water partition coefficient (Wildman–Crippen LogP) is 1.88. The maximum absolute atomic E-state index is 12.2. The van der Waals surface area contributed by atoms with E-state index in [1.165, 1.54) is 0 Å². The van der Waals surface area contributed by atoms with Crippen LogP contribution in [0.2, 0.25) is 0 Å². The molecule has 0 spiro atoms. The highest BCUT2D eigenvalue weighted by molar-refractivity contribution is 7.08. The first-order valence-corrected chi connectivity index (χ1v) is 10.3. The molecule has 2 fully saturated rings. The Morgan fingerprint density at radius 1 is 1.42 bits per heavy atom. The maximum Gasteiger partial charge on any atom is 0.241 e. The number of nitrogens with zero attached hydrogens (tertiary/aromatic N) is 3. The number of likely N-dealkylation sites (tertiary alicyclic amines) is 1. The van der Waals surface area contributed by atoms with Gasteiger partial charge >= 0.3 is 0 Å². The van der Waals surface area contributed by atoms with Crippen LogP contribution >= 0.6 is 11.3 Å². The summed E-state index contributed by atoms with van der Waals surface area (Å²) in [4.78, 5) is 19.0. The Morgan fingerprint density at radius 2 is 2.38 bits per heavy atom. The van der Waals surface area contributed by atoms with Crippen LogP contribution in [-0.2, 0) is 11.3 Å². The largest absolute Gasteiger partial charge is 0.354 e.